The average Bonchev–Trinajstić information content (AvgIpc) is 2.82. The first-order chi connectivity index (χ1) is 8.20. The van der Waals surface area contributed by atoms with Gasteiger partial charge >= 0.3 is 0 Å². The van der Waals surface area contributed by atoms with Crippen molar-refractivity contribution in [2.24, 2.45) is 0 Å². The van der Waals surface area contributed by atoms with Crippen LogP contribution in [0.25, 0.3) is 0 Å². The fraction of sp³-hybridized carbons (Fsp3) is 0.818. The summed E-state index contributed by atoms with van der Waals surface area (Å²) in [6.07, 6.45) is 4.87. The van der Waals surface area contributed by atoms with Crippen molar-refractivity contribution in [3.63, 3.8) is 0 Å². The molecule has 0 aromatic carbocycles. The predicted molar refractivity (Wildman–Crippen MR) is 73.7 cm³/mol. The number of likely N-dealkylation sites (N-methyl/N-ethyl adjacent to an activating group) is 1. The van der Waals surface area contributed by atoms with Gasteiger partial charge in [-0.05, 0) is 37.8 Å². The van der Waals surface area contributed by atoms with Crippen LogP contribution in [-0.4, -0.2) is 38.9 Å². The Balaban J connectivity index is 2.10. The number of nitrogens with zero attached hydrogens (tertiary/aromatic N) is 2. The first-order valence-corrected chi connectivity index (χ1v) is 7.71. The first kappa shape index (κ1) is 14.9. The van der Waals surface area contributed by atoms with Crippen LogP contribution >= 0.6 is 23.3 Å². The van der Waals surface area contributed by atoms with E-state index in [1.54, 1.807) is 18.1 Å². The molecule has 4 nitrogen and oxygen atoms in total. The number of thioether (sulfide) groups is 1. The Bertz CT molecular complexity index is 295. The topological polar surface area (TPSA) is 58.0 Å². The number of aromatic nitrogens is 2. The third kappa shape index (κ3) is 5.81. The van der Waals surface area contributed by atoms with Gasteiger partial charge < -0.3 is 10.4 Å². The number of hydrogen-bond acceptors (Lipinski definition) is 6. The maximum absolute atomic E-state index is 9.34. The summed E-state index contributed by atoms with van der Waals surface area (Å²) in [4.78, 5) is 4.13. The molecule has 0 aliphatic carbocycles. The smallest absolute Gasteiger partial charge is 0.169 e. The van der Waals surface area contributed by atoms with E-state index in [2.05, 4.69) is 28.5 Å². The van der Waals surface area contributed by atoms with E-state index in [1.807, 2.05) is 0 Å². The zero-order valence-corrected chi connectivity index (χ0v) is 12.1. The molecule has 1 aromatic rings. The summed E-state index contributed by atoms with van der Waals surface area (Å²) in [5.74, 6) is 1.07. The molecule has 6 heteroatoms. The van der Waals surface area contributed by atoms with E-state index in [1.165, 1.54) is 11.5 Å². The molecule has 1 heterocycles. The van der Waals surface area contributed by atoms with Gasteiger partial charge in [0.2, 0.25) is 0 Å². The minimum atomic E-state index is -0.123. The zero-order chi connectivity index (χ0) is 12.6. The molecule has 0 amide bonds. The van der Waals surface area contributed by atoms with Gasteiger partial charge in [-0.25, -0.2) is 4.98 Å². The van der Waals surface area contributed by atoms with Crippen molar-refractivity contribution in [3.8, 4) is 0 Å². The van der Waals surface area contributed by atoms with Crippen molar-refractivity contribution in [2.75, 3.05) is 18.9 Å². The van der Waals surface area contributed by atoms with Gasteiger partial charge in [-0.15, -0.1) is 0 Å². The summed E-state index contributed by atoms with van der Waals surface area (Å²) in [7, 11) is 0. The lowest BCUT2D eigenvalue weighted by atomic mass is 9.96. The van der Waals surface area contributed by atoms with E-state index < -0.39 is 0 Å². The lowest BCUT2D eigenvalue weighted by molar-refractivity contribution is 0.165. The van der Waals surface area contributed by atoms with Crippen LogP contribution in [0.1, 0.15) is 33.1 Å². The van der Waals surface area contributed by atoms with E-state index in [-0.39, 0.29) is 12.1 Å². The molecule has 1 aromatic heterocycles. The number of hydrogen-bond donors (Lipinski definition) is 2. The molecule has 0 bridgehead atoms. The third-order valence-electron chi connectivity index (χ3n) is 2.64. The second-order valence-corrected chi connectivity index (χ2v) is 6.38. The Morgan fingerprint density at radius 1 is 1.53 bits per heavy atom. The van der Waals surface area contributed by atoms with Gasteiger partial charge in [0.25, 0.3) is 0 Å². The maximum atomic E-state index is 9.34. The number of aliphatic hydroxyl groups is 1. The number of nitrogens with one attached hydrogen (secondary N) is 1. The molecule has 2 N–H and O–H groups in total. The normalized spacial score (nSPS) is 14.8. The highest BCUT2D eigenvalue weighted by Crippen LogP contribution is 2.21. The second kappa shape index (κ2) is 8.02. The fourth-order valence-corrected chi connectivity index (χ4v) is 3.17. The van der Waals surface area contributed by atoms with Crippen LogP contribution in [0.2, 0.25) is 0 Å². The summed E-state index contributed by atoms with van der Waals surface area (Å²) < 4.78 is 5.01. The van der Waals surface area contributed by atoms with Gasteiger partial charge in [0.05, 0.1) is 6.61 Å². The molecule has 1 rings (SSSR count). The SMILES string of the molecule is CCNC(C)(CO)CCCCSc1ncns1. The summed E-state index contributed by atoms with van der Waals surface area (Å²) in [6, 6.07) is 0. The molecular formula is C11H21N3OS2. The van der Waals surface area contributed by atoms with Crippen molar-refractivity contribution in [3.05, 3.63) is 6.33 Å². The van der Waals surface area contributed by atoms with E-state index in [4.69, 9.17) is 0 Å². The molecule has 1 atom stereocenters. The van der Waals surface area contributed by atoms with Crippen molar-refractivity contribution < 1.29 is 5.11 Å². The minimum Gasteiger partial charge on any atom is -0.394 e. The van der Waals surface area contributed by atoms with E-state index in [0.29, 0.717) is 0 Å². The number of rotatable bonds is 9. The molecule has 1 unspecified atom stereocenters. The van der Waals surface area contributed by atoms with Crippen molar-refractivity contribution in [2.45, 2.75) is 43.0 Å². The lowest BCUT2D eigenvalue weighted by Gasteiger charge is -2.28. The first-order valence-electron chi connectivity index (χ1n) is 5.95. The van der Waals surface area contributed by atoms with Crippen molar-refractivity contribution in [1.82, 2.24) is 14.7 Å². The Morgan fingerprint density at radius 2 is 2.35 bits per heavy atom. The monoisotopic (exact) mass is 275 g/mol. The highest BCUT2D eigenvalue weighted by Gasteiger charge is 2.20. The van der Waals surface area contributed by atoms with Gasteiger partial charge in [0, 0.05) is 11.3 Å². The quantitative estimate of drug-likeness (QED) is 0.534. The number of aliphatic hydroxyl groups excluding tert-OH is 1. The third-order valence-corrected chi connectivity index (χ3v) is 4.53. The van der Waals surface area contributed by atoms with Crippen LogP contribution < -0.4 is 5.32 Å². The van der Waals surface area contributed by atoms with E-state index in [0.717, 1.165) is 35.9 Å². The van der Waals surface area contributed by atoms with Gasteiger partial charge in [-0.1, -0.05) is 25.1 Å². The Kier molecular flexibility index (Phi) is 7.03. The van der Waals surface area contributed by atoms with Crippen LogP contribution in [0, 0.1) is 0 Å². The fourth-order valence-electron chi connectivity index (χ4n) is 1.65. The standard InChI is InChI=1S/C11H21N3OS2/c1-3-13-11(2,8-15)6-4-5-7-16-10-12-9-14-17-10/h9,13,15H,3-8H2,1-2H3. The molecule has 0 saturated heterocycles. The Hall–Kier alpha value is -0.170. The molecule has 0 saturated carbocycles. The van der Waals surface area contributed by atoms with Gasteiger partial charge in [-0.2, -0.15) is 4.37 Å². The van der Waals surface area contributed by atoms with Crippen LogP contribution in [-0.2, 0) is 0 Å². The largest absolute Gasteiger partial charge is 0.394 e. The maximum Gasteiger partial charge on any atom is 0.169 e. The predicted octanol–water partition coefficient (Wildman–Crippen LogP) is 2.16. The molecule has 17 heavy (non-hydrogen) atoms. The number of unbranched alkanes of at least 4 members (excludes halogenated alkanes) is 1. The van der Waals surface area contributed by atoms with Crippen molar-refractivity contribution >= 4 is 23.3 Å². The minimum absolute atomic E-state index is 0.123. The van der Waals surface area contributed by atoms with Crippen LogP contribution in [0.15, 0.2) is 10.7 Å². The molecular weight excluding hydrogens is 254 g/mol. The molecule has 0 fully saturated rings. The molecule has 0 radical (unpaired) electrons. The van der Waals surface area contributed by atoms with Crippen LogP contribution in [0.3, 0.4) is 0 Å². The van der Waals surface area contributed by atoms with Gasteiger partial charge in [-0.3, -0.25) is 0 Å². The Labute approximate surface area is 111 Å². The highest BCUT2D eigenvalue weighted by atomic mass is 32.2. The van der Waals surface area contributed by atoms with Crippen LogP contribution in [0.5, 0.6) is 0 Å². The molecule has 0 aliphatic rings. The van der Waals surface area contributed by atoms with Gasteiger partial charge in [0.15, 0.2) is 4.34 Å². The van der Waals surface area contributed by atoms with E-state index in [9.17, 15) is 5.11 Å². The molecule has 0 spiro atoms. The van der Waals surface area contributed by atoms with Crippen molar-refractivity contribution in [1.29, 1.82) is 0 Å². The summed E-state index contributed by atoms with van der Waals surface area (Å²) in [5, 5.41) is 12.7. The van der Waals surface area contributed by atoms with Gasteiger partial charge in [0.1, 0.15) is 6.33 Å². The molecule has 0 aliphatic heterocycles. The summed E-state index contributed by atoms with van der Waals surface area (Å²) in [6.45, 7) is 5.24. The highest BCUT2D eigenvalue weighted by molar-refractivity contribution is 8.00. The average molecular weight is 275 g/mol. The summed E-state index contributed by atoms with van der Waals surface area (Å²) in [5.41, 5.74) is -0.123. The zero-order valence-electron chi connectivity index (χ0n) is 10.5. The van der Waals surface area contributed by atoms with E-state index >= 15 is 0 Å². The Morgan fingerprint density at radius 3 is 2.94 bits per heavy atom. The molecule has 98 valence electrons. The summed E-state index contributed by atoms with van der Waals surface area (Å²) >= 11 is 3.21. The second-order valence-electron chi connectivity index (χ2n) is 4.26. The van der Waals surface area contributed by atoms with Crippen LogP contribution in [0.4, 0.5) is 0 Å². The lowest BCUT2D eigenvalue weighted by Crippen LogP contribution is -2.45.